The summed E-state index contributed by atoms with van der Waals surface area (Å²) < 4.78 is 22.8. The average Bonchev–Trinajstić information content (AvgIpc) is 2.57. The van der Waals surface area contributed by atoms with E-state index in [1.165, 1.54) is 0 Å². The molecule has 0 aromatic carbocycles. The number of hydrogen-bond donors (Lipinski definition) is 2. The zero-order chi connectivity index (χ0) is 13.5. The van der Waals surface area contributed by atoms with Crippen molar-refractivity contribution in [2.24, 2.45) is 0 Å². The molecule has 1 aromatic rings. The molecule has 18 heavy (non-hydrogen) atoms. The van der Waals surface area contributed by atoms with Crippen LogP contribution in [0, 0.1) is 0 Å². The van der Waals surface area contributed by atoms with E-state index >= 15 is 0 Å². The zero-order valence-electron chi connectivity index (χ0n) is 10.3. The van der Waals surface area contributed by atoms with Crippen molar-refractivity contribution in [2.45, 2.75) is 32.1 Å². The van der Waals surface area contributed by atoms with Gasteiger partial charge in [-0.1, -0.05) is 13.8 Å². The van der Waals surface area contributed by atoms with Crippen LogP contribution in [0.2, 0.25) is 0 Å². The smallest absolute Gasteiger partial charge is 0.258 e. The van der Waals surface area contributed by atoms with Gasteiger partial charge in [0.2, 0.25) is 5.88 Å². The van der Waals surface area contributed by atoms with Gasteiger partial charge in [-0.05, 0) is 12.3 Å². The van der Waals surface area contributed by atoms with Crippen LogP contribution in [0.25, 0.3) is 0 Å². The van der Waals surface area contributed by atoms with Crippen LogP contribution in [0.3, 0.4) is 0 Å². The molecule has 1 aliphatic heterocycles. The second kappa shape index (κ2) is 4.38. The largest absolute Gasteiger partial charge is 0.493 e. The maximum absolute atomic E-state index is 11.8. The Hall–Kier alpha value is -1.37. The van der Waals surface area contributed by atoms with Crippen LogP contribution in [0.4, 0.5) is 0 Å². The number of H-pyrrole nitrogens is 1. The number of rotatable bonds is 2. The van der Waals surface area contributed by atoms with Crippen molar-refractivity contribution in [3.8, 4) is 5.88 Å². The fraction of sp³-hybridized carbons (Fsp3) is 0.636. The predicted octanol–water partition coefficient (Wildman–Crippen LogP) is 0.501. The van der Waals surface area contributed by atoms with Crippen molar-refractivity contribution in [1.29, 1.82) is 0 Å². The van der Waals surface area contributed by atoms with Crippen LogP contribution < -0.4 is 5.56 Å². The number of nitrogens with zero attached hydrogens (tertiary/aromatic N) is 1. The van der Waals surface area contributed by atoms with Crippen molar-refractivity contribution >= 4 is 9.84 Å². The summed E-state index contributed by atoms with van der Waals surface area (Å²) in [6.07, 6.45) is 0.436. The number of aromatic nitrogens is 2. The fourth-order valence-electron chi connectivity index (χ4n) is 2.21. The Balaban J connectivity index is 2.41. The lowest BCUT2D eigenvalue weighted by Crippen LogP contribution is -2.20. The van der Waals surface area contributed by atoms with Crippen LogP contribution in [-0.4, -0.2) is 35.0 Å². The first-order valence-electron chi connectivity index (χ1n) is 5.83. The number of aromatic amines is 1. The lowest BCUT2D eigenvalue weighted by Gasteiger charge is -2.11. The molecule has 0 amide bonds. The zero-order valence-corrected chi connectivity index (χ0v) is 11.1. The van der Waals surface area contributed by atoms with Gasteiger partial charge < -0.3 is 10.1 Å². The first kappa shape index (κ1) is 13.1. The molecule has 2 heterocycles. The number of hydrogen-bond acceptors (Lipinski definition) is 5. The Bertz CT molecular complexity index is 618. The minimum absolute atomic E-state index is 0.0175. The summed E-state index contributed by atoms with van der Waals surface area (Å²) in [5.74, 6) is -0.404. The maximum atomic E-state index is 11.8. The summed E-state index contributed by atoms with van der Waals surface area (Å²) in [4.78, 5) is 18.3. The van der Waals surface area contributed by atoms with E-state index in [0.717, 1.165) is 0 Å². The normalized spacial score (nSPS) is 22.5. The lowest BCUT2D eigenvalue weighted by atomic mass is 10.1. The first-order valence-corrected chi connectivity index (χ1v) is 7.66. The van der Waals surface area contributed by atoms with Gasteiger partial charge in [-0.15, -0.1) is 0 Å². The summed E-state index contributed by atoms with van der Waals surface area (Å²) in [6, 6.07) is 0. The highest BCUT2D eigenvalue weighted by Gasteiger charge is 2.31. The molecule has 0 spiro atoms. The van der Waals surface area contributed by atoms with E-state index in [-0.39, 0.29) is 40.6 Å². The molecular formula is C11H16N2O4S. The van der Waals surface area contributed by atoms with Crippen LogP contribution in [0.15, 0.2) is 4.79 Å². The van der Waals surface area contributed by atoms with Crippen molar-refractivity contribution in [2.75, 3.05) is 11.5 Å². The molecule has 1 unspecified atom stereocenters. The predicted molar refractivity (Wildman–Crippen MR) is 66.6 cm³/mol. The second-order valence-corrected chi connectivity index (χ2v) is 7.17. The van der Waals surface area contributed by atoms with Crippen LogP contribution in [0.5, 0.6) is 5.88 Å². The maximum Gasteiger partial charge on any atom is 0.258 e. The molecule has 2 N–H and O–H groups in total. The Morgan fingerprint density at radius 2 is 2.11 bits per heavy atom. The van der Waals surface area contributed by atoms with Crippen LogP contribution in [0.1, 0.15) is 43.5 Å². The number of nitrogens with one attached hydrogen (secondary N) is 1. The molecule has 0 aliphatic carbocycles. The van der Waals surface area contributed by atoms with Crippen molar-refractivity contribution in [1.82, 2.24) is 9.97 Å². The molecule has 100 valence electrons. The Labute approximate surface area is 105 Å². The van der Waals surface area contributed by atoms with Gasteiger partial charge in [0.15, 0.2) is 9.84 Å². The summed E-state index contributed by atoms with van der Waals surface area (Å²) in [5, 5.41) is 9.75. The Morgan fingerprint density at radius 3 is 2.56 bits per heavy atom. The average molecular weight is 272 g/mol. The molecule has 0 saturated carbocycles. The molecule has 2 rings (SSSR count). The van der Waals surface area contributed by atoms with Gasteiger partial charge in [-0.2, -0.15) is 4.98 Å². The lowest BCUT2D eigenvalue weighted by molar-refractivity contribution is 0.433. The highest BCUT2D eigenvalue weighted by molar-refractivity contribution is 7.91. The third kappa shape index (κ3) is 2.40. The standard InChI is InChI=1S/C11H16N2O4S/c1-6(2)8-10(14)12-9(13-11(8)15)7-3-4-18(16,17)5-7/h6-7H,3-5H2,1-2H3,(H2,12,13,14,15). The summed E-state index contributed by atoms with van der Waals surface area (Å²) >= 11 is 0. The molecule has 1 aromatic heterocycles. The van der Waals surface area contributed by atoms with E-state index in [1.54, 1.807) is 13.8 Å². The first-order chi connectivity index (χ1) is 8.30. The Morgan fingerprint density at radius 1 is 1.44 bits per heavy atom. The van der Waals surface area contributed by atoms with Gasteiger partial charge in [-0.25, -0.2) is 8.42 Å². The van der Waals surface area contributed by atoms with E-state index < -0.39 is 15.4 Å². The quantitative estimate of drug-likeness (QED) is 0.816. The van der Waals surface area contributed by atoms with E-state index in [1.807, 2.05) is 0 Å². The van der Waals surface area contributed by atoms with Gasteiger partial charge in [-0.3, -0.25) is 4.79 Å². The van der Waals surface area contributed by atoms with Gasteiger partial charge in [0.25, 0.3) is 5.56 Å². The summed E-state index contributed by atoms with van der Waals surface area (Å²) in [5.41, 5.74) is -0.156. The minimum Gasteiger partial charge on any atom is -0.493 e. The van der Waals surface area contributed by atoms with Gasteiger partial charge >= 0.3 is 0 Å². The van der Waals surface area contributed by atoms with E-state index in [0.29, 0.717) is 6.42 Å². The molecule has 6 nitrogen and oxygen atoms in total. The number of sulfone groups is 1. The van der Waals surface area contributed by atoms with Crippen LogP contribution in [-0.2, 0) is 9.84 Å². The highest BCUT2D eigenvalue weighted by Crippen LogP contribution is 2.28. The van der Waals surface area contributed by atoms with Crippen LogP contribution >= 0.6 is 0 Å². The topological polar surface area (TPSA) is 100 Å². The summed E-state index contributed by atoms with van der Waals surface area (Å²) in [6.45, 7) is 3.57. The fourth-order valence-corrected chi connectivity index (χ4v) is 3.96. The van der Waals surface area contributed by atoms with Crippen molar-refractivity contribution in [3.05, 3.63) is 21.7 Å². The molecule has 7 heteroatoms. The Kier molecular flexibility index (Phi) is 3.18. The third-order valence-electron chi connectivity index (χ3n) is 3.15. The second-order valence-electron chi connectivity index (χ2n) is 4.94. The SMILES string of the molecule is CC(C)c1c(O)nc(C2CCS(=O)(=O)C2)[nH]c1=O. The van der Waals surface area contributed by atoms with E-state index in [4.69, 9.17) is 0 Å². The van der Waals surface area contributed by atoms with Crippen molar-refractivity contribution < 1.29 is 13.5 Å². The van der Waals surface area contributed by atoms with Gasteiger partial charge in [0.05, 0.1) is 17.1 Å². The highest BCUT2D eigenvalue weighted by atomic mass is 32.2. The molecular weight excluding hydrogens is 256 g/mol. The third-order valence-corrected chi connectivity index (χ3v) is 4.92. The molecule has 1 aliphatic rings. The van der Waals surface area contributed by atoms with Gasteiger partial charge in [0.1, 0.15) is 5.82 Å². The van der Waals surface area contributed by atoms with E-state index in [9.17, 15) is 18.3 Å². The molecule has 0 bridgehead atoms. The summed E-state index contributed by atoms with van der Waals surface area (Å²) in [7, 11) is -3.04. The van der Waals surface area contributed by atoms with Gasteiger partial charge in [0, 0.05) is 5.92 Å². The van der Waals surface area contributed by atoms with Crippen molar-refractivity contribution in [3.63, 3.8) is 0 Å². The van der Waals surface area contributed by atoms with E-state index in [2.05, 4.69) is 9.97 Å². The molecule has 1 saturated heterocycles. The monoisotopic (exact) mass is 272 g/mol. The minimum atomic E-state index is -3.04. The molecule has 1 atom stereocenters. The molecule has 0 radical (unpaired) electrons. The number of aromatic hydroxyl groups is 1. The molecule has 1 fully saturated rings.